The molecule has 1 aromatic heterocycles. The summed E-state index contributed by atoms with van der Waals surface area (Å²) in [6, 6.07) is 6.06. The number of nitrogens with zero attached hydrogens (tertiary/aromatic N) is 1. The van der Waals surface area contributed by atoms with Gasteiger partial charge in [0.25, 0.3) is 5.91 Å². The minimum atomic E-state index is -0.307. The zero-order chi connectivity index (χ0) is 17.3. The number of hydrogen-bond donors (Lipinski definition) is 1. The normalized spacial score (nSPS) is 17.2. The highest BCUT2D eigenvalue weighted by molar-refractivity contribution is 5.98. The summed E-state index contributed by atoms with van der Waals surface area (Å²) in [5, 5.41) is 0.335. The molecule has 1 aromatic carbocycles. The van der Waals surface area contributed by atoms with Crippen LogP contribution in [0.5, 0.6) is 0 Å². The van der Waals surface area contributed by atoms with Gasteiger partial charge in [-0.05, 0) is 24.6 Å². The van der Waals surface area contributed by atoms with Crippen molar-refractivity contribution in [3.63, 3.8) is 0 Å². The van der Waals surface area contributed by atoms with E-state index in [0.717, 1.165) is 0 Å². The highest BCUT2D eigenvalue weighted by Crippen LogP contribution is 2.21. The van der Waals surface area contributed by atoms with Gasteiger partial charge in [-0.15, -0.1) is 0 Å². The lowest BCUT2D eigenvalue weighted by atomic mass is 10.1. The van der Waals surface area contributed by atoms with E-state index in [2.05, 4.69) is 0 Å². The smallest absolute Gasteiger partial charge is 0.310 e. The summed E-state index contributed by atoms with van der Waals surface area (Å²) in [5.41, 5.74) is 6.04. The minimum Gasteiger partial charge on any atom is -0.469 e. The number of nitrogens with two attached hydrogens (primary N) is 1. The number of hydrogen-bond acceptors (Lipinski definition) is 6. The van der Waals surface area contributed by atoms with Crippen LogP contribution in [0.1, 0.15) is 22.5 Å². The third-order valence-electron chi connectivity index (χ3n) is 4.24. The first kappa shape index (κ1) is 16.2. The number of methoxy groups -OCH3 is 1. The van der Waals surface area contributed by atoms with E-state index in [-0.39, 0.29) is 29.8 Å². The van der Waals surface area contributed by atoms with E-state index in [9.17, 15) is 14.4 Å². The molecule has 2 aromatic rings. The summed E-state index contributed by atoms with van der Waals surface area (Å²) in [6.07, 6.45) is 0.577. The van der Waals surface area contributed by atoms with Crippen LogP contribution in [0.3, 0.4) is 0 Å². The Morgan fingerprint density at radius 3 is 2.88 bits per heavy atom. The van der Waals surface area contributed by atoms with Crippen molar-refractivity contribution in [3.05, 3.63) is 45.8 Å². The van der Waals surface area contributed by atoms with Crippen LogP contribution in [0.4, 0.5) is 0 Å². The maximum atomic E-state index is 12.6. The number of esters is 1. The molecule has 1 aliphatic heterocycles. The topological polar surface area (TPSA) is 103 Å². The molecule has 2 heterocycles. The molecular formula is C17H18N2O5. The van der Waals surface area contributed by atoms with Crippen molar-refractivity contribution in [2.45, 2.75) is 13.0 Å². The number of carbonyl (C=O) groups is 2. The number of fused-ring (bicyclic) bond motifs is 1. The molecule has 1 atom stereocenters. The molecule has 0 saturated carbocycles. The Morgan fingerprint density at radius 1 is 1.38 bits per heavy atom. The fourth-order valence-electron chi connectivity index (χ4n) is 2.93. The molecule has 24 heavy (non-hydrogen) atoms. The molecule has 1 aliphatic rings. The van der Waals surface area contributed by atoms with Gasteiger partial charge in [-0.2, -0.15) is 0 Å². The summed E-state index contributed by atoms with van der Waals surface area (Å²) in [4.78, 5) is 37.9. The van der Waals surface area contributed by atoms with Crippen molar-refractivity contribution in [3.8, 4) is 0 Å². The number of rotatable bonds is 3. The van der Waals surface area contributed by atoms with Crippen LogP contribution in [0.25, 0.3) is 11.0 Å². The first-order valence-corrected chi connectivity index (χ1v) is 7.67. The monoisotopic (exact) mass is 330 g/mol. The van der Waals surface area contributed by atoms with Crippen LogP contribution in [-0.4, -0.2) is 37.0 Å². The number of carbonyl (C=O) groups excluding carboxylic acids is 2. The molecule has 0 bridgehead atoms. The number of ether oxygens (including phenoxy) is 1. The lowest BCUT2D eigenvalue weighted by Crippen LogP contribution is -2.30. The minimum absolute atomic E-state index is 0.133. The van der Waals surface area contributed by atoms with Gasteiger partial charge in [-0.1, -0.05) is 0 Å². The highest BCUT2D eigenvalue weighted by atomic mass is 16.5. The van der Waals surface area contributed by atoms with Gasteiger partial charge in [0.2, 0.25) is 0 Å². The van der Waals surface area contributed by atoms with Crippen molar-refractivity contribution in [1.29, 1.82) is 0 Å². The van der Waals surface area contributed by atoms with E-state index in [0.29, 0.717) is 41.8 Å². The molecule has 7 nitrogen and oxygen atoms in total. The molecule has 1 amide bonds. The van der Waals surface area contributed by atoms with Gasteiger partial charge in [0.15, 0.2) is 5.43 Å². The second kappa shape index (κ2) is 6.45. The van der Waals surface area contributed by atoms with E-state index < -0.39 is 0 Å². The Balaban J connectivity index is 1.87. The van der Waals surface area contributed by atoms with Gasteiger partial charge in [-0.25, -0.2) is 0 Å². The zero-order valence-electron chi connectivity index (χ0n) is 13.3. The van der Waals surface area contributed by atoms with Crippen LogP contribution in [0.15, 0.2) is 33.5 Å². The first-order valence-electron chi connectivity index (χ1n) is 7.67. The number of amides is 1. The van der Waals surface area contributed by atoms with Crippen molar-refractivity contribution >= 4 is 22.8 Å². The van der Waals surface area contributed by atoms with Crippen LogP contribution in [-0.2, 0) is 16.1 Å². The summed E-state index contributed by atoms with van der Waals surface area (Å²) in [5.74, 6) is -0.423. The summed E-state index contributed by atoms with van der Waals surface area (Å²) in [7, 11) is 1.34. The Hall–Kier alpha value is -2.67. The van der Waals surface area contributed by atoms with Crippen LogP contribution < -0.4 is 11.2 Å². The molecule has 7 heteroatoms. The second-order valence-electron chi connectivity index (χ2n) is 5.75. The highest BCUT2D eigenvalue weighted by Gasteiger charge is 2.32. The van der Waals surface area contributed by atoms with Crippen molar-refractivity contribution in [2.24, 2.45) is 11.7 Å². The molecule has 3 rings (SSSR count). The molecule has 2 N–H and O–H groups in total. The number of likely N-dealkylation sites (tertiary alicyclic amines) is 1. The fourth-order valence-corrected chi connectivity index (χ4v) is 2.93. The average molecular weight is 330 g/mol. The zero-order valence-corrected chi connectivity index (χ0v) is 13.3. The summed E-state index contributed by atoms with van der Waals surface area (Å²) >= 11 is 0. The second-order valence-corrected chi connectivity index (χ2v) is 5.75. The summed E-state index contributed by atoms with van der Waals surface area (Å²) in [6.45, 7) is 0.941. The van der Waals surface area contributed by atoms with Crippen molar-refractivity contribution in [2.75, 3.05) is 20.2 Å². The van der Waals surface area contributed by atoms with Gasteiger partial charge in [0, 0.05) is 24.7 Å². The van der Waals surface area contributed by atoms with Gasteiger partial charge < -0.3 is 19.8 Å². The molecule has 0 radical (unpaired) electrons. The van der Waals surface area contributed by atoms with Crippen LogP contribution >= 0.6 is 0 Å². The Bertz CT molecular complexity index is 858. The Morgan fingerprint density at radius 2 is 2.17 bits per heavy atom. The Kier molecular flexibility index (Phi) is 4.35. The van der Waals surface area contributed by atoms with E-state index in [1.807, 2.05) is 0 Å². The summed E-state index contributed by atoms with van der Waals surface area (Å²) < 4.78 is 10.2. The van der Waals surface area contributed by atoms with Gasteiger partial charge >= 0.3 is 5.97 Å². The molecular weight excluding hydrogens is 312 g/mol. The molecule has 126 valence electrons. The number of benzene rings is 1. The lowest BCUT2D eigenvalue weighted by Gasteiger charge is -2.16. The van der Waals surface area contributed by atoms with E-state index in [1.165, 1.54) is 19.2 Å². The maximum absolute atomic E-state index is 12.6. The lowest BCUT2D eigenvalue weighted by molar-refractivity contribution is -0.144. The van der Waals surface area contributed by atoms with Crippen LogP contribution in [0.2, 0.25) is 0 Å². The average Bonchev–Trinajstić information content (AvgIpc) is 3.10. The van der Waals surface area contributed by atoms with Gasteiger partial charge in [-0.3, -0.25) is 14.4 Å². The SMILES string of the molecule is COC(=O)[C@H]1CCN(C(=O)c2ccc3oc(CN)cc(=O)c3c2)C1. The molecule has 0 unspecified atom stereocenters. The maximum Gasteiger partial charge on any atom is 0.310 e. The largest absolute Gasteiger partial charge is 0.469 e. The van der Waals surface area contributed by atoms with E-state index in [4.69, 9.17) is 14.9 Å². The van der Waals surface area contributed by atoms with Gasteiger partial charge in [0.05, 0.1) is 25.0 Å². The van der Waals surface area contributed by atoms with Gasteiger partial charge in [0.1, 0.15) is 11.3 Å². The Labute approximate surface area is 138 Å². The quantitative estimate of drug-likeness (QED) is 0.838. The molecule has 0 aliphatic carbocycles. The van der Waals surface area contributed by atoms with E-state index in [1.54, 1.807) is 17.0 Å². The first-order chi connectivity index (χ1) is 11.5. The van der Waals surface area contributed by atoms with Crippen LogP contribution in [0, 0.1) is 5.92 Å². The predicted molar refractivity (Wildman–Crippen MR) is 86.4 cm³/mol. The van der Waals surface area contributed by atoms with E-state index >= 15 is 0 Å². The third-order valence-corrected chi connectivity index (χ3v) is 4.24. The predicted octanol–water partition coefficient (Wildman–Crippen LogP) is 0.887. The van der Waals surface area contributed by atoms with Crippen molar-refractivity contribution < 1.29 is 18.7 Å². The molecule has 1 fully saturated rings. The molecule has 1 saturated heterocycles. The standard InChI is InChI=1S/C17H18N2O5/c1-23-17(22)11-4-5-19(9-11)16(21)10-2-3-15-13(6-10)14(20)7-12(8-18)24-15/h2-3,6-7,11H,4-5,8-9,18H2,1H3/t11-/m0/s1. The van der Waals surface area contributed by atoms with Crippen molar-refractivity contribution in [1.82, 2.24) is 4.90 Å². The third kappa shape index (κ3) is 2.90. The molecule has 0 spiro atoms. The fraction of sp³-hybridized carbons (Fsp3) is 0.353.